The summed E-state index contributed by atoms with van der Waals surface area (Å²) in [5.41, 5.74) is 1.30. The molecule has 0 aromatic heterocycles. The molecular formula is C19H22ClNO2S. The predicted molar refractivity (Wildman–Crippen MR) is 102 cm³/mol. The molecule has 3 nitrogen and oxygen atoms in total. The molecule has 0 fully saturated rings. The molecule has 0 aliphatic carbocycles. The smallest absolute Gasteiger partial charge is 0.261 e. The number of rotatable bonds is 9. The van der Waals surface area contributed by atoms with E-state index in [1.165, 1.54) is 5.56 Å². The van der Waals surface area contributed by atoms with E-state index in [1.807, 2.05) is 25.1 Å². The number of ether oxygens (including phenoxy) is 1. The van der Waals surface area contributed by atoms with Gasteiger partial charge in [-0.25, -0.2) is 0 Å². The number of hydrogen-bond acceptors (Lipinski definition) is 3. The molecule has 2 rings (SSSR count). The Kier molecular flexibility index (Phi) is 7.99. The van der Waals surface area contributed by atoms with Crippen LogP contribution in [0.3, 0.4) is 0 Å². The number of amides is 1. The summed E-state index contributed by atoms with van der Waals surface area (Å²) in [6.07, 6.45) is 0.135. The molecule has 2 aromatic rings. The molecule has 1 amide bonds. The fourth-order valence-electron chi connectivity index (χ4n) is 2.12. The quantitative estimate of drug-likeness (QED) is 0.664. The number of hydrogen-bond donors (Lipinski definition) is 1. The first-order chi connectivity index (χ1) is 11.7. The topological polar surface area (TPSA) is 38.3 Å². The Hall–Kier alpha value is -1.65. The second-order valence-electron chi connectivity index (χ2n) is 5.30. The number of carbonyl (C=O) groups excluding carboxylic acids is 1. The van der Waals surface area contributed by atoms with Gasteiger partial charge < -0.3 is 10.1 Å². The molecule has 0 unspecified atom stereocenters. The molecule has 0 aliphatic heterocycles. The second kappa shape index (κ2) is 10.3. The summed E-state index contributed by atoms with van der Waals surface area (Å²) >= 11 is 7.65. The van der Waals surface area contributed by atoms with Gasteiger partial charge in [-0.1, -0.05) is 48.9 Å². The highest BCUT2D eigenvalue weighted by Gasteiger charge is 2.17. The van der Waals surface area contributed by atoms with Gasteiger partial charge in [0.15, 0.2) is 6.10 Å². The van der Waals surface area contributed by atoms with Crippen molar-refractivity contribution in [2.24, 2.45) is 0 Å². The van der Waals surface area contributed by atoms with Gasteiger partial charge >= 0.3 is 0 Å². The van der Waals surface area contributed by atoms with Crippen LogP contribution in [0.1, 0.15) is 18.9 Å². The first-order valence-corrected chi connectivity index (χ1v) is 9.54. The summed E-state index contributed by atoms with van der Waals surface area (Å²) in [6, 6.07) is 17.4. The molecule has 128 valence electrons. The SMILES string of the molecule is CC[C@H](Oc1ccc(Cl)cc1)C(=O)NCCSCc1ccccc1. The zero-order chi connectivity index (χ0) is 17.2. The lowest BCUT2D eigenvalue weighted by atomic mass is 10.2. The largest absolute Gasteiger partial charge is 0.481 e. The Labute approximate surface area is 152 Å². The monoisotopic (exact) mass is 363 g/mol. The first-order valence-electron chi connectivity index (χ1n) is 8.00. The van der Waals surface area contributed by atoms with Crippen molar-refractivity contribution in [3.63, 3.8) is 0 Å². The number of halogens is 1. The standard InChI is InChI=1S/C19H22ClNO2S/c1-2-18(23-17-10-8-16(20)9-11-17)19(22)21-12-13-24-14-15-6-4-3-5-7-15/h3-11,18H,2,12-14H2,1H3,(H,21,22)/t18-/m0/s1. The third-order valence-corrected chi connectivity index (χ3v) is 4.69. The van der Waals surface area contributed by atoms with E-state index in [0.717, 1.165) is 11.5 Å². The molecule has 0 radical (unpaired) electrons. The fraction of sp³-hybridized carbons (Fsp3) is 0.316. The van der Waals surface area contributed by atoms with Crippen molar-refractivity contribution in [3.8, 4) is 5.75 Å². The highest BCUT2D eigenvalue weighted by atomic mass is 35.5. The van der Waals surface area contributed by atoms with Crippen LogP contribution in [0.5, 0.6) is 5.75 Å². The molecule has 0 bridgehead atoms. The van der Waals surface area contributed by atoms with E-state index in [1.54, 1.807) is 36.0 Å². The van der Waals surface area contributed by atoms with Crippen LogP contribution in [0.2, 0.25) is 5.02 Å². The highest BCUT2D eigenvalue weighted by molar-refractivity contribution is 7.98. The maximum absolute atomic E-state index is 12.2. The fourth-order valence-corrected chi connectivity index (χ4v) is 3.07. The van der Waals surface area contributed by atoms with Crippen molar-refractivity contribution in [1.82, 2.24) is 5.32 Å². The Morgan fingerprint density at radius 1 is 1.17 bits per heavy atom. The minimum Gasteiger partial charge on any atom is -0.481 e. The van der Waals surface area contributed by atoms with Gasteiger partial charge in [0.05, 0.1) is 0 Å². The van der Waals surface area contributed by atoms with E-state index in [2.05, 4.69) is 17.4 Å². The number of thioether (sulfide) groups is 1. The van der Waals surface area contributed by atoms with E-state index >= 15 is 0 Å². The average molecular weight is 364 g/mol. The maximum atomic E-state index is 12.2. The molecule has 0 spiro atoms. The predicted octanol–water partition coefficient (Wildman–Crippen LogP) is 4.55. The lowest BCUT2D eigenvalue weighted by Gasteiger charge is -2.17. The molecule has 0 saturated carbocycles. The molecule has 0 saturated heterocycles. The lowest BCUT2D eigenvalue weighted by Crippen LogP contribution is -2.39. The highest BCUT2D eigenvalue weighted by Crippen LogP contribution is 2.17. The van der Waals surface area contributed by atoms with Crippen LogP contribution in [-0.2, 0) is 10.5 Å². The molecule has 0 aliphatic rings. The molecule has 5 heteroatoms. The summed E-state index contributed by atoms with van der Waals surface area (Å²) in [6.45, 7) is 2.57. The molecule has 0 heterocycles. The zero-order valence-electron chi connectivity index (χ0n) is 13.7. The van der Waals surface area contributed by atoms with E-state index in [0.29, 0.717) is 23.7 Å². The van der Waals surface area contributed by atoms with E-state index < -0.39 is 6.10 Å². The van der Waals surface area contributed by atoms with Gasteiger partial charge in [0.1, 0.15) is 5.75 Å². The van der Waals surface area contributed by atoms with E-state index in [-0.39, 0.29) is 5.91 Å². The van der Waals surface area contributed by atoms with Crippen LogP contribution < -0.4 is 10.1 Å². The third-order valence-electron chi connectivity index (χ3n) is 3.41. The molecule has 2 aromatic carbocycles. The van der Waals surface area contributed by atoms with Crippen LogP contribution in [0.15, 0.2) is 54.6 Å². The van der Waals surface area contributed by atoms with Gasteiger partial charge in [-0.15, -0.1) is 0 Å². The number of benzene rings is 2. The van der Waals surface area contributed by atoms with E-state index in [9.17, 15) is 4.79 Å². The number of carbonyl (C=O) groups is 1. The van der Waals surface area contributed by atoms with Crippen LogP contribution >= 0.6 is 23.4 Å². The molecule has 1 N–H and O–H groups in total. The third kappa shape index (κ3) is 6.46. The Bertz CT molecular complexity index is 619. The van der Waals surface area contributed by atoms with Crippen LogP contribution in [-0.4, -0.2) is 24.3 Å². The Balaban J connectivity index is 1.68. The van der Waals surface area contributed by atoms with Gasteiger partial charge in [0.2, 0.25) is 0 Å². The van der Waals surface area contributed by atoms with E-state index in [4.69, 9.17) is 16.3 Å². The minimum absolute atomic E-state index is 0.0761. The zero-order valence-corrected chi connectivity index (χ0v) is 15.3. The maximum Gasteiger partial charge on any atom is 0.261 e. The summed E-state index contributed by atoms with van der Waals surface area (Å²) in [5, 5.41) is 3.59. The van der Waals surface area contributed by atoms with Gasteiger partial charge in [0, 0.05) is 23.1 Å². The summed E-state index contributed by atoms with van der Waals surface area (Å²) < 4.78 is 5.73. The van der Waals surface area contributed by atoms with Crippen molar-refractivity contribution >= 4 is 29.3 Å². The Morgan fingerprint density at radius 2 is 1.88 bits per heavy atom. The van der Waals surface area contributed by atoms with Gasteiger partial charge in [-0.3, -0.25) is 4.79 Å². The van der Waals surface area contributed by atoms with Gasteiger partial charge in [-0.05, 0) is 36.2 Å². The van der Waals surface area contributed by atoms with Crippen molar-refractivity contribution < 1.29 is 9.53 Å². The minimum atomic E-state index is -0.481. The van der Waals surface area contributed by atoms with Crippen molar-refractivity contribution in [2.45, 2.75) is 25.2 Å². The van der Waals surface area contributed by atoms with Gasteiger partial charge in [-0.2, -0.15) is 11.8 Å². The lowest BCUT2D eigenvalue weighted by molar-refractivity contribution is -0.127. The van der Waals surface area contributed by atoms with Crippen LogP contribution in [0, 0.1) is 0 Å². The average Bonchev–Trinajstić information content (AvgIpc) is 2.61. The normalized spacial score (nSPS) is 11.8. The Morgan fingerprint density at radius 3 is 2.54 bits per heavy atom. The van der Waals surface area contributed by atoms with Crippen molar-refractivity contribution in [3.05, 3.63) is 65.2 Å². The summed E-state index contributed by atoms with van der Waals surface area (Å²) in [4.78, 5) is 12.2. The van der Waals surface area contributed by atoms with Crippen molar-refractivity contribution in [1.29, 1.82) is 0 Å². The first kappa shape index (κ1) is 18.7. The number of nitrogens with one attached hydrogen (secondary N) is 1. The van der Waals surface area contributed by atoms with Crippen LogP contribution in [0.4, 0.5) is 0 Å². The van der Waals surface area contributed by atoms with Crippen molar-refractivity contribution in [2.75, 3.05) is 12.3 Å². The van der Waals surface area contributed by atoms with Crippen LogP contribution in [0.25, 0.3) is 0 Å². The molecular weight excluding hydrogens is 342 g/mol. The molecule has 1 atom stereocenters. The summed E-state index contributed by atoms with van der Waals surface area (Å²) in [7, 11) is 0. The molecule has 24 heavy (non-hydrogen) atoms. The van der Waals surface area contributed by atoms with Gasteiger partial charge in [0.25, 0.3) is 5.91 Å². The second-order valence-corrected chi connectivity index (χ2v) is 6.84. The summed E-state index contributed by atoms with van der Waals surface area (Å²) in [5.74, 6) is 2.40.